The Morgan fingerprint density at radius 3 is 2.56 bits per heavy atom. The number of amides is 1. The topological polar surface area (TPSA) is 84.7 Å². The van der Waals surface area contributed by atoms with Crippen molar-refractivity contribution in [1.29, 1.82) is 0 Å². The predicted octanol–water partition coefficient (Wildman–Crippen LogP) is 5.09. The Labute approximate surface area is 210 Å². The molecule has 36 heavy (non-hydrogen) atoms. The molecule has 8 nitrogen and oxygen atoms in total. The minimum Gasteiger partial charge on any atom is -0.480 e. The van der Waals surface area contributed by atoms with Crippen molar-refractivity contribution in [3.8, 4) is 5.88 Å². The number of rotatable bonds is 6. The van der Waals surface area contributed by atoms with Gasteiger partial charge < -0.3 is 10.1 Å². The molecule has 1 aromatic carbocycles. The van der Waals surface area contributed by atoms with Gasteiger partial charge in [-0.15, -0.1) is 10.2 Å². The summed E-state index contributed by atoms with van der Waals surface area (Å²) in [6, 6.07) is 13.5. The number of ether oxygens (including phenoxy) is 1. The number of nitrogens with zero attached hydrogens (tertiary/aromatic N) is 5. The molecular weight excluding hydrogens is 452 g/mol. The number of anilines is 2. The molecule has 1 atom stereocenters. The number of fused-ring (bicyclic) bond motifs is 1. The van der Waals surface area contributed by atoms with E-state index >= 15 is 0 Å². The summed E-state index contributed by atoms with van der Waals surface area (Å²) in [5.74, 6) is 0.982. The van der Waals surface area contributed by atoms with Crippen LogP contribution >= 0.6 is 0 Å². The summed E-state index contributed by atoms with van der Waals surface area (Å²) in [5.41, 5.74) is 7.22. The first kappa shape index (κ1) is 23.3. The van der Waals surface area contributed by atoms with E-state index in [9.17, 15) is 4.79 Å². The van der Waals surface area contributed by atoms with Gasteiger partial charge in [-0.05, 0) is 57.0 Å². The van der Waals surface area contributed by atoms with E-state index in [1.54, 1.807) is 19.4 Å². The third-order valence-electron chi connectivity index (χ3n) is 6.43. The summed E-state index contributed by atoms with van der Waals surface area (Å²) in [6.07, 6.45) is 3.57. The number of carbonyl (C=O) groups excluding carboxylic acids is 1. The van der Waals surface area contributed by atoms with E-state index in [0.29, 0.717) is 17.3 Å². The average Bonchev–Trinajstić information content (AvgIpc) is 3.37. The van der Waals surface area contributed by atoms with E-state index in [4.69, 9.17) is 4.74 Å². The minimum atomic E-state index is -0.380. The fraction of sp³-hybridized carbons (Fsp3) is 0.214. The average molecular weight is 481 g/mol. The molecule has 3 aromatic heterocycles. The number of benzene rings is 1. The zero-order valence-electron chi connectivity index (χ0n) is 21.0. The number of aromatic nitrogens is 4. The lowest BCUT2D eigenvalue weighted by atomic mass is 9.93. The van der Waals surface area contributed by atoms with Crippen molar-refractivity contribution in [1.82, 2.24) is 19.6 Å². The highest BCUT2D eigenvalue weighted by molar-refractivity contribution is 6.13. The van der Waals surface area contributed by atoms with Crippen LogP contribution in [0.4, 0.5) is 11.4 Å². The van der Waals surface area contributed by atoms with Gasteiger partial charge in [0.1, 0.15) is 17.2 Å². The molecule has 0 radical (unpaired) electrons. The number of aryl methyl sites for hydroxylation is 3. The summed E-state index contributed by atoms with van der Waals surface area (Å²) in [5, 5.41) is 11.8. The normalized spacial score (nSPS) is 15.6. The van der Waals surface area contributed by atoms with Crippen LogP contribution in [0.3, 0.4) is 0 Å². The Morgan fingerprint density at radius 2 is 1.86 bits per heavy atom. The molecule has 4 heterocycles. The van der Waals surface area contributed by atoms with Gasteiger partial charge in [0.15, 0.2) is 5.65 Å². The molecule has 0 saturated carbocycles. The van der Waals surface area contributed by atoms with Crippen LogP contribution in [0, 0.1) is 20.8 Å². The maximum absolute atomic E-state index is 14.2. The van der Waals surface area contributed by atoms with Gasteiger partial charge in [0.25, 0.3) is 5.91 Å². The van der Waals surface area contributed by atoms with Crippen LogP contribution in [0.15, 0.2) is 78.3 Å². The van der Waals surface area contributed by atoms with Crippen LogP contribution in [0.5, 0.6) is 5.88 Å². The molecule has 1 N–H and O–H groups in total. The van der Waals surface area contributed by atoms with E-state index in [2.05, 4.69) is 51.3 Å². The van der Waals surface area contributed by atoms with Gasteiger partial charge in [0.05, 0.1) is 18.8 Å². The van der Waals surface area contributed by atoms with Crippen LogP contribution in [-0.2, 0) is 4.79 Å². The highest BCUT2D eigenvalue weighted by Crippen LogP contribution is 2.44. The van der Waals surface area contributed by atoms with Gasteiger partial charge in [-0.1, -0.05) is 42.0 Å². The van der Waals surface area contributed by atoms with Crippen LogP contribution in [0.25, 0.3) is 5.65 Å². The van der Waals surface area contributed by atoms with Crippen molar-refractivity contribution in [3.63, 3.8) is 0 Å². The first-order valence-corrected chi connectivity index (χ1v) is 11.7. The second-order valence-electron chi connectivity index (χ2n) is 9.06. The lowest BCUT2D eigenvalue weighted by Crippen LogP contribution is -2.31. The van der Waals surface area contributed by atoms with Crippen LogP contribution in [0.1, 0.15) is 35.5 Å². The van der Waals surface area contributed by atoms with E-state index in [0.717, 1.165) is 45.0 Å². The highest BCUT2D eigenvalue weighted by Gasteiger charge is 2.42. The van der Waals surface area contributed by atoms with Crippen molar-refractivity contribution < 1.29 is 9.53 Å². The molecule has 8 heteroatoms. The fourth-order valence-corrected chi connectivity index (χ4v) is 4.68. The van der Waals surface area contributed by atoms with Crippen molar-refractivity contribution in [2.24, 2.45) is 0 Å². The predicted molar refractivity (Wildman–Crippen MR) is 140 cm³/mol. The first-order chi connectivity index (χ1) is 17.3. The van der Waals surface area contributed by atoms with Gasteiger partial charge in [0, 0.05) is 18.0 Å². The molecule has 1 aliphatic rings. The van der Waals surface area contributed by atoms with Crippen molar-refractivity contribution in [3.05, 3.63) is 101 Å². The Morgan fingerprint density at radius 1 is 1.11 bits per heavy atom. The van der Waals surface area contributed by atoms with Crippen LogP contribution in [0.2, 0.25) is 0 Å². The molecule has 0 spiro atoms. The summed E-state index contributed by atoms with van der Waals surface area (Å²) in [6.45, 7) is 12.1. The SMILES string of the molecule is C=C(C)C1=C(Nc2cccnc2OC)C(=O)N(c2cc(C)c3nnc(C)n3c2)C1c1ccc(C)cc1. The third kappa shape index (κ3) is 3.80. The van der Waals surface area contributed by atoms with E-state index in [1.807, 2.05) is 55.3 Å². The van der Waals surface area contributed by atoms with Gasteiger partial charge in [-0.25, -0.2) is 4.98 Å². The van der Waals surface area contributed by atoms with E-state index < -0.39 is 0 Å². The molecule has 0 saturated heterocycles. The number of nitrogens with one attached hydrogen (secondary N) is 1. The number of methoxy groups -OCH3 is 1. The van der Waals surface area contributed by atoms with Crippen LogP contribution in [-0.4, -0.2) is 32.6 Å². The summed E-state index contributed by atoms with van der Waals surface area (Å²) in [4.78, 5) is 20.3. The Kier molecular flexibility index (Phi) is 5.80. The van der Waals surface area contributed by atoms with Gasteiger partial charge in [-0.2, -0.15) is 0 Å². The Balaban J connectivity index is 1.72. The molecular formula is C28H28N6O2. The molecule has 1 unspecified atom stereocenters. The maximum atomic E-state index is 14.2. The smallest absolute Gasteiger partial charge is 0.275 e. The second-order valence-corrected chi connectivity index (χ2v) is 9.06. The van der Waals surface area contributed by atoms with E-state index in [1.165, 1.54) is 0 Å². The van der Waals surface area contributed by atoms with Crippen molar-refractivity contribution in [2.45, 2.75) is 33.7 Å². The molecule has 4 aromatic rings. The zero-order valence-corrected chi connectivity index (χ0v) is 21.0. The van der Waals surface area contributed by atoms with Gasteiger partial charge in [0.2, 0.25) is 5.88 Å². The molecule has 0 bridgehead atoms. The first-order valence-electron chi connectivity index (χ1n) is 11.7. The monoisotopic (exact) mass is 480 g/mol. The van der Waals surface area contributed by atoms with Gasteiger partial charge in [-0.3, -0.25) is 14.1 Å². The second kappa shape index (κ2) is 8.96. The van der Waals surface area contributed by atoms with Crippen LogP contribution < -0.4 is 15.0 Å². The Hall–Kier alpha value is -4.46. The molecule has 0 fully saturated rings. The van der Waals surface area contributed by atoms with Crippen molar-refractivity contribution >= 4 is 22.9 Å². The molecule has 1 amide bonds. The van der Waals surface area contributed by atoms with Gasteiger partial charge >= 0.3 is 0 Å². The zero-order chi connectivity index (χ0) is 25.6. The standard InChI is InChI=1S/C28H28N6O2/c1-16(2)23-24(30-22-8-7-13-29-27(22)36-6)28(35)34(25(23)20-11-9-17(3)10-12-20)21-14-18(4)26-32-31-19(5)33(26)15-21/h7-15,25,30H,1H2,2-6H3. The lowest BCUT2D eigenvalue weighted by molar-refractivity contribution is -0.114. The number of hydrogen-bond donors (Lipinski definition) is 1. The van der Waals surface area contributed by atoms with E-state index in [-0.39, 0.29) is 11.9 Å². The maximum Gasteiger partial charge on any atom is 0.275 e. The summed E-state index contributed by atoms with van der Waals surface area (Å²) < 4.78 is 7.35. The van der Waals surface area contributed by atoms with Crippen molar-refractivity contribution in [2.75, 3.05) is 17.3 Å². The Bertz CT molecular complexity index is 1530. The number of hydrogen-bond acceptors (Lipinski definition) is 6. The molecule has 182 valence electrons. The largest absolute Gasteiger partial charge is 0.480 e. The highest BCUT2D eigenvalue weighted by atomic mass is 16.5. The number of carbonyl (C=O) groups is 1. The molecule has 5 rings (SSSR count). The minimum absolute atomic E-state index is 0.172. The third-order valence-corrected chi connectivity index (χ3v) is 6.43. The lowest BCUT2D eigenvalue weighted by Gasteiger charge is -2.28. The summed E-state index contributed by atoms with van der Waals surface area (Å²) >= 11 is 0. The number of pyridine rings is 2. The molecule has 1 aliphatic heterocycles. The summed E-state index contributed by atoms with van der Waals surface area (Å²) in [7, 11) is 1.55. The molecule has 0 aliphatic carbocycles. The fourth-order valence-electron chi connectivity index (χ4n) is 4.68. The quantitative estimate of drug-likeness (QED) is 0.414.